The number of rotatable bonds is 3. The van der Waals surface area contributed by atoms with E-state index in [2.05, 4.69) is 36.0 Å². The molecule has 0 unspecified atom stereocenters. The number of aromatic nitrogens is 5. The summed E-state index contributed by atoms with van der Waals surface area (Å²) in [5.41, 5.74) is 11.7. The van der Waals surface area contributed by atoms with Crippen LogP contribution in [0.15, 0.2) is 70.1 Å². The highest BCUT2D eigenvalue weighted by atomic mass is 79.9. The predicted molar refractivity (Wildman–Crippen MR) is 118 cm³/mol. The largest absolute Gasteiger partial charge is 0.383 e. The van der Waals surface area contributed by atoms with Gasteiger partial charge in [0, 0.05) is 22.3 Å². The summed E-state index contributed by atoms with van der Waals surface area (Å²) in [5, 5.41) is 4.63. The van der Waals surface area contributed by atoms with Gasteiger partial charge in [0.25, 0.3) is 0 Å². The Morgan fingerprint density at radius 3 is 2.57 bits per heavy atom. The zero-order valence-corrected chi connectivity index (χ0v) is 17.5. The first-order valence-electron chi connectivity index (χ1n) is 9.16. The maximum Gasteiger partial charge on any atom is 0.185 e. The van der Waals surface area contributed by atoms with Crippen molar-refractivity contribution in [3.05, 3.63) is 71.2 Å². The summed E-state index contributed by atoms with van der Waals surface area (Å²) < 4.78 is 6.26. The molecular weight excluding hydrogens is 444 g/mol. The first-order chi connectivity index (χ1) is 14.6. The third-order valence-corrected chi connectivity index (χ3v) is 5.20. The summed E-state index contributed by atoms with van der Waals surface area (Å²) in [6, 6.07) is 15.7. The number of anilines is 1. The maximum absolute atomic E-state index is 6.18. The van der Waals surface area contributed by atoms with E-state index in [0.29, 0.717) is 22.9 Å². The number of hydrogen-bond donors (Lipinski definition) is 1. The molecule has 0 saturated heterocycles. The summed E-state index contributed by atoms with van der Waals surface area (Å²) in [6.45, 7) is 1.87. The summed E-state index contributed by atoms with van der Waals surface area (Å²) in [7, 11) is 0. The molecule has 146 valence electrons. The zero-order chi connectivity index (χ0) is 20.7. The molecule has 5 aromatic rings. The number of halogens is 1. The van der Waals surface area contributed by atoms with Crippen molar-refractivity contribution in [2.45, 2.75) is 6.92 Å². The molecule has 8 heteroatoms. The Kier molecular flexibility index (Phi) is 4.48. The van der Waals surface area contributed by atoms with Gasteiger partial charge in [-0.3, -0.25) is 4.98 Å². The maximum atomic E-state index is 6.18. The molecule has 0 amide bonds. The number of benzene rings is 1. The Labute approximate surface area is 180 Å². The summed E-state index contributed by atoms with van der Waals surface area (Å²) in [4.78, 5) is 17.7. The van der Waals surface area contributed by atoms with Gasteiger partial charge in [-0.25, -0.2) is 15.0 Å². The van der Waals surface area contributed by atoms with Gasteiger partial charge in [-0.15, -0.1) is 0 Å². The minimum atomic E-state index is 0.392. The molecule has 0 aliphatic heterocycles. The standard InChI is InChI=1S/C22H15BrN6O/c1-12-7-19(30-29-12)17-6-5-14(10-25-17)18-9-16(13-3-2-4-15(23)8-13)20-21(24)26-11-27-22(20)28-18/h2-11H,1H3,(H2,24,26,27,28). The second kappa shape index (κ2) is 7.31. The van der Waals surface area contributed by atoms with Crippen molar-refractivity contribution in [3.63, 3.8) is 0 Å². The normalized spacial score (nSPS) is 11.1. The molecule has 0 fully saturated rings. The van der Waals surface area contributed by atoms with Crippen LogP contribution in [0.1, 0.15) is 5.69 Å². The van der Waals surface area contributed by atoms with Crippen molar-refractivity contribution < 1.29 is 4.52 Å². The van der Waals surface area contributed by atoms with Crippen molar-refractivity contribution in [2.75, 3.05) is 5.73 Å². The summed E-state index contributed by atoms with van der Waals surface area (Å²) in [5.74, 6) is 1.02. The fourth-order valence-corrected chi connectivity index (χ4v) is 3.69. The van der Waals surface area contributed by atoms with Gasteiger partial charge in [-0.05, 0) is 48.4 Å². The van der Waals surface area contributed by atoms with E-state index in [4.69, 9.17) is 15.2 Å². The zero-order valence-electron chi connectivity index (χ0n) is 15.9. The first kappa shape index (κ1) is 18.4. The van der Waals surface area contributed by atoms with Crippen LogP contribution < -0.4 is 5.73 Å². The number of hydrogen-bond acceptors (Lipinski definition) is 7. The molecular formula is C22H15BrN6O. The number of fused-ring (bicyclic) bond motifs is 1. The molecule has 7 nitrogen and oxygen atoms in total. The lowest BCUT2D eigenvalue weighted by Crippen LogP contribution is -1.99. The molecule has 4 aromatic heterocycles. The number of pyridine rings is 2. The van der Waals surface area contributed by atoms with E-state index < -0.39 is 0 Å². The molecule has 0 aliphatic rings. The molecule has 1 aromatic carbocycles. The Bertz CT molecular complexity index is 1380. The Morgan fingerprint density at radius 2 is 1.83 bits per heavy atom. The van der Waals surface area contributed by atoms with Crippen LogP contribution in [0.5, 0.6) is 0 Å². The predicted octanol–water partition coefficient (Wildman–Crippen LogP) is 5.06. The highest BCUT2D eigenvalue weighted by Gasteiger charge is 2.15. The van der Waals surface area contributed by atoms with Crippen LogP contribution in [0, 0.1) is 6.92 Å². The molecule has 0 radical (unpaired) electrons. The van der Waals surface area contributed by atoms with E-state index in [-0.39, 0.29) is 0 Å². The minimum Gasteiger partial charge on any atom is -0.383 e. The molecule has 0 atom stereocenters. The second-order valence-electron chi connectivity index (χ2n) is 6.79. The quantitative estimate of drug-likeness (QED) is 0.402. The van der Waals surface area contributed by atoms with E-state index in [1.165, 1.54) is 6.33 Å². The molecule has 5 rings (SSSR count). The molecule has 0 spiro atoms. The van der Waals surface area contributed by atoms with Gasteiger partial charge in [0.05, 0.1) is 16.8 Å². The van der Waals surface area contributed by atoms with Gasteiger partial charge in [0.2, 0.25) is 0 Å². The van der Waals surface area contributed by atoms with Crippen LogP contribution in [0.2, 0.25) is 0 Å². The van der Waals surface area contributed by atoms with Crippen LogP contribution in [0.25, 0.3) is 44.9 Å². The van der Waals surface area contributed by atoms with Crippen LogP contribution in [0.4, 0.5) is 5.82 Å². The van der Waals surface area contributed by atoms with Crippen molar-refractivity contribution in [3.8, 4) is 33.8 Å². The summed E-state index contributed by atoms with van der Waals surface area (Å²) >= 11 is 3.54. The van der Waals surface area contributed by atoms with Crippen molar-refractivity contribution in [2.24, 2.45) is 0 Å². The minimum absolute atomic E-state index is 0.392. The number of nitrogens with two attached hydrogens (primary N) is 1. The number of nitrogen functional groups attached to an aromatic ring is 1. The second-order valence-corrected chi connectivity index (χ2v) is 7.70. The Hall–Kier alpha value is -3.65. The topological polar surface area (TPSA) is 104 Å². The van der Waals surface area contributed by atoms with Gasteiger partial charge in [0.15, 0.2) is 11.4 Å². The van der Waals surface area contributed by atoms with Gasteiger partial charge >= 0.3 is 0 Å². The van der Waals surface area contributed by atoms with Crippen molar-refractivity contribution in [1.82, 2.24) is 25.1 Å². The lowest BCUT2D eigenvalue weighted by molar-refractivity contribution is 0.426. The average Bonchev–Trinajstić information content (AvgIpc) is 3.19. The molecule has 0 bridgehead atoms. The highest BCUT2D eigenvalue weighted by molar-refractivity contribution is 9.10. The third kappa shape index (κ3) is 3.31. The number of nitrogens with zero attached hydrogens (tertiary/aromatic N) is 5. The Balaban J connectivity index is 1.67. The van der Waals surface area contributed by atoms with Gasteiger partial charge in [-0.2, -0.15) is 0 Å². The van der Waals surface area contributed by atoms with E-state index in [1.54, 1.807) is 6.20 Å². The smallest absolute Gasteiger partial charge is 0.185 e. The van der Waals surface area contributed by atoms with E-state index in [9.17, 15) is 0 Å². The van der Waals surface area contributed by atoms with E-state index in [0.717, 1.165) is 37.9 Å². The average molecular weight is 459 g/mol. The number of aryl methyl sites for hydroxylation is 1. The van der Waals surface area contributed by atoms with Crippen LogP contribution in [-0.2, 0) is 0 Å². The van der Waals surface area contributed by atoms with Crippen molar-refractivity contribution >= 4 is 32.8 Å². The van der Waals surface area contributed by atoms with Crippen molar-refractivity contribution in [1.29, 1.82) is 0 Å². The lowest BCUT2D eigenvalue weighted by atomic mass is 10.0. The summed E-state index contributed by atoms with van der Waals surface area (Å²) in [6.07, 6.45) is 3.18. The lowest BCUT2D eigenvalue weighted by Gasteiger charge is -2.11. The first-order valence-corrected chi connectivity index (χ1v) is 9.95. The van der Waals surface area contributed by atoms with Crippen LogP contribution in [0.3, 0.4) is 0 Å². The Morgan fingerprint density at radius 1 is 0.933 bits per heavy atom. The fourth-order valence-electron chi connectivity index (χ4n) is 3.29. The van der Waals surface area contributed by atoms with Gasteiger partial charge in [0.1, 0.15) is 17.8 Å². The molecule has 4 heterocycles. The van der Waals surface area contributed by atoms with Crippen LogP contribution in [-0.4, -0.2) is 25.1 Å². The monoisotopic (exact) mass is 458 g/mol. The fraction of sp³-hybridized carbons (Fsp3) is 0.0455. The van der Waals surface area contributed by atoms with E-state index in [1.807, 2.05) is 55.5 Å². The molecule has 0 aliphatic carbocycles. The van der Waals surface area contributed by atoms with E-state index >= 15 is 0 Å². The van der Waals surface area contributed by atoms with Crippen LogP contribution >= 0.6 is 15.9 Å². The van der Waals surface area contributed by atoms with Gasteiger partial charge < -0.3 is 10.3 Å². The SMILES string of the molecule is Cc1cc(-c2ccc(-c3cc(-c4cccc(Br)c4)c4c(N)ncnc4n3)cn2)on1. The highest BCUT2D eigenvalue weighted by Crippen LogP contribution is 2.34. The molecule has 2 N–H and O–H groups in total. The van der Waals surface area contributed by atoms with Gasteiger partial charge in [-0.1, -0.05) is 33.2 Å². The third-order valence-electron chi connectivity index (χ3n) is 4.71. The molecule has 0 saturated carbocycles. The molecule has 30 heavy (non-hydrogen) atoms.